The molecular weight excluding hydrogens is 203 g/mol. The normalized spacial score (nSPS) is 12.1. The van der Waals surface area contributed by atoms with Gasteiger partial charge in [-0.25, -0.2) is 4.79 Å². The van der Waals surface area contributed by atoms with Gasteiger partial charge in [0.05, 0.1) is 0 Å². The number of hydrogen-bond acceptors (Lipinski definition) is 1. The van der Waals surface area contributed by atoms with E-state index >= 15 is 0 Å². The second kappa shape index (κ2) is 3.86. The fourth-order valence-electron chi connectivity index (χ4n) is 0.121. The number of rotatable bonds is 1. The Hall–Kier alpha value is 0.380. The Labute approximate surface area is 90.3 Å². The van der Waals surface area contributed by atoms with E-state index in [0.717, 1.165) is 0 Å². The van der Waals surface area contributed by atoms with E-state index < -0.39 is 18.1 Å². The quantitative estimate of drug-likeness (QED) is 0.515. The Bertz CT molecular complexity index is 160. The van der Waals surface area contributed by atoms with Gasteiger partial charge in [0.25, 0.3) is 0 Å². The SMILES string of the molecule is O=C(O)C(F)(F)C(F)(F)F.[Ca+2].[H-].[H-]. The summed E-state index contributed by atoms with van der Waals surface area (Å²) in [4.78, 5) is 9.20. The third kappa shape index (κ3) is 3.08. The van der Waals surface area contributed by atoms with Crippen LogP contribution in [0.2, 0.25) is 0 Å². The molecule has 0 radical (unpaired) electrons. The number of carboxylic acids is 1. The van der Waals surface area contributed by atoms with Gasteiger partial charge in [-0.1, -0.05) is 0 Å². The van der Waals surface area contributed by atoms with Crippen molar-refractivity contribution in [2.75, 3.05) is 0 Å². The Morgan fingerprint density at radius 3 is 1.45 bits per heavy atom. The van der Waals surface area contributed by atoms with Crippen LogP contribution in [-0.2, 0) is 4.79 Å². The Morgan fingerprint density at radius 2 is 1.45 bits per heavy atom. The van der Waals surface area contributed by atoms with Gasteiger partial charge in [0, 0.05) is 0 Å². The van der Waals surface area contributed by atoms with Crippen LogP contribution >= 0.6 is 0 Å². The first kappa shape index (κ1) is 13.9. The van der Waals surface area contributed by atoms with Crippen molar-refractivity contribution in [2.24, 2.45) is 0 Å². The predicted octanol–water partition coefficient (Wildman–Crippen LogP) is 1.11. The Morgan fingerprint density at radius 1 is 1.18 bits per heavy atom. The van der Waals surface area contributed by atoms with Crippen LogP contribution in [-0.4, -0.2) is 60.9 Å². The molecule has 11 heavy (non-hydrogen) atoms. The second-order valence-electron chi connectivity index (χ2n) is 1.38. The number of alkyl halides is 5. The smallest absolute Gasteiger partial charge is 1.00 e. The largest absolute Gasteiger partial charge is 2.00 e. The van der Waals surface area contributed by atoms with E-state index in [-0.39, 0.29) is 40.6 Å². The van der Waals surface area contributed by atoms with Crippen molar-refractivity contribution in [3.8, 4) is 0 Å². The maximum Gasteiger partial charge on any atom is 2.00 e. The molecule has 0 spiro atoms. The third-order valence-corrected chi connectivity index (χ3v) is 0.625. The number of halogens is 5. The molecule has 0 aliphatic heterocycles. The molecule has 0 bridgehead atoms. The van der Waals surface area contributed by atoms with Crippen molar-refractivity contribution in [3.63, 3.8) is 0 Å². The van der Waals surface area contributed by atoms with E-state index in [1.54, 1.807) is 0 Å². The second-order valence-corrected chi connectivity index (χ2v) is 1.38. The summed E-state index contributed by atoms with van der Waals surface area (Å²) in [5.41, 5.74) is 0. The van der Waals surface area contributed by atoms with E-state index in [1.807, 2.05) is 0 Å². The van der Waals surface area contributed by atoms with Gasteiger partial charge in [0.1, 0.15) is 0 Å². The molecule has 0 fully saturated rings. The van der Waals surface area contributed by atoms with Crippen molar-refractivity contribution < 1.29 is 34.7 Å². The molecule has 0 aliphatic carbocycles. The molecule has 0 saturated carbocycles. The summed E-state index contributed by atoms with van der Waals surface area (Å²) < 4.78 is 55.5. The van der Waals surface area contributed by atoms with E-state index in [9.17, 15) is 26.7 Å². The zero-order valence-corrected chi connectivity index (χ0v) is 7.16. The minimum absolute atomic E-state index is 0. The molecule has 0 saturated heterocycles. The van der Waals surface area contributed by atoms with Gasteiger partial charge in [-0.15, -0.1) is 0 Å². The van der Waals surface area contributed by atoms with Crippen LogP contribution < -0.4 is 0 Å². The molecule has 0 unspecified atom stereocenters. The molecule has 64 valence electrons. The first-order valence-electron chi connectivity index (χ1n) is 1.87. The van der Waals surface area contributed by atoms with Crippen LogP contribution in [0.3, 0.4) is 0 Å². The van der Waals surface area contributed by atoms with Gasteiger partial charge < -0.3 is 7.96 Å². The van der Waals surface area contributed by atoms with Crippen LogP contribution in [0.4, 0.5) is 22.0 Å². The summed E-state index contributed by atoms with van der Waals surface area (Å²) in [6.07, 6.45) is -6.02. The minimum Gasteiger partial charge on any atom is -1.00 e. The van der Waals surface area contributed by atoms with E-state index in [1.165, 1.54) is 0 Å². The maximum atomic E-state index is 11.3. The number of carboxylic acid groups (broad SMARTS) is 1. The van der Waals surface area contributed by atoms with Gasteiger partial charge >= 0.3 is 55.8 Å². The Balaban J connectivity index is -0.000000135. The average Bonchev–Trinajstić information content (AvgIpc) is 1.62. The average molecular weight is 206 g/mol. The van der Waals surface area contributed by atoms with Crippen molar-refractivity contribution in [1.29, 1.82) is 0 Å². The predicted molar refractivity (Wildman–Crippen MR) is 26.6 cm³/mol. The summed E-state index contributed by atoms with van der Waals surface area (Å²) in [6, 6.07) is 0. The van der Waals surface area contributed by atoms with Crippen LogP contribution in [0.15, 0.2) is 0 Å². The van der Waals surface area contributed by atoms with E-state index in [0.29, 0.717) is 0 Å². The van der Waals surface area contributed by atoms with Gasteiger partial charge in [-0.2, -0.15) is 22.0 Å². The number of carbonyl (C=O) groups is 1. The van der Waals surface area contributed by atoms with Crippen molar-refractivity contribution in [3.05, 3.63) is 0 Å². The molecule has 0 amide bonds. The standard InChI is InChI=1S/C3HF5O2.Ca.2H/c4-2(5,1(9)10)3(6,7)8;;;/h(H,9,10);;;/q;+2;2*-1. The van der Waals surface area contributed by atoms with Crippen LogP contribution in [0, 0.1) is 0 Å². The molecule has 8 heteroatoms. The first-order valence-corrected chi connectivity index (χ1v) is 1.87. The summed E-state index contributed by atoms with van der Waals surface area (Å²) in [7, 11) is 0. The van der Waals surface area contributed by atoms with Gasteiger partial charge in [0.2, 0.25) is 0 Å². The topological polar surface area (TPSA) is 37.3 Å². The number of hydrogen-bond donors (Lipinski definition) is 1. The van der Waals surface area contributed by atoms with Crippen molar-refractivity contribution >= 4 is 43.7 Å². The molecular formula is C3H3CaF5O2. The van der Waals surface area contributed by atoms with Crippen LogP contribution in [0.5, 0.6) is 0 Å². The zero-order valence-electron chi connectivity index (χ0n) is 6.95. The van der Waals surface area contributed by atoms with Gasteiger partial charge in [0.15, 0.2) is 0 Å². The summed E-state index contributed by atoms with van der Waals surface area (Å²) in [5, 5.41) is 7.31. The first-order chi connectivity index (χ1) is 4.19. The monoisotopic (exact) mass is 206 g/mol. The van der Waals surface area contributed by atoms with Crippen LogP contribution in [0.1, 0.15) is 2.85 Å². The van der Waals surface area contributed by atoms with Gasteiger partial charge in [-0.3, -0.25) is 0 Å². The maximum absolute atomic E-state index is 11.3. The molecule has 1 N–H and O–H groups in total. The molecule has 0 aromatic carbocycles. The summed E-state index contributed by atoms with van der Waals surface area (Å²) in [6.45, 7) is 0. The fourth-order valence-corrected chi connectivity index (χ4v) is 0.121. The molecule has 0 atom stereocenters. The van der Waals surface area contributed by atoms with Crippen molar-refractivity contribution in [2.45, 2.75) is 12.1 Å². The Kier molecular flexibility index (Phi) is 4.89. The molecule has 0 aromatic rings. The van der Waals surface area contributed by atoms with Crippen LogP contribution in [0.25, 0.3) is 0 Å². The van der Waals surface area contributed by atoms with Gasteiger partial charge in [-0.05, 0) is 0 Å². The molecule has 0 heterocycles. The fraction of sp³-hybridized carbons (Fsp3) is 0.667. The number of aliphatic carboxylic acids is 1. The minimum atomic E-state index is -6.02. The zero-order chi connectivity index (χ0) is 8.58. The summed E-state index contributed by atoms with van der Waals surface area (Å²) >= 11 is 0. The van der Waals surface area contributed by atoms with E-state index in [4.69, 9.17) is 5.11 Å². The molecule has 2 nitrogen and oxygen atoms in total. The third-order valence-electron chi connectivity index (χ3n) is 0.625. The van der Waals surface area contributed by atoms with Crippen molar-refractivity contribution in [1.82, 2.24) is 0 Å². The molecule has 0 aliphatic rings. The van der Waals surface area contributed by atoms with E-state index in [2.05, 4.69) is 0 Å². The summed E-state index contributed by atoms with van der Waals surface area (Å²) in [5.74, 6) is -8.84. The molecule has 0 rings (SSSR count). The molecule has 0 aromatic heterocycles.